The zero-order valence-corrected chi connectivity index (χ0v) is 15.8. The molecule has 156 valence electrons. The average Bonchev–Trinajstić information content (AvgIpc) is 2.71. The summed E-state index contributed by atoms with van der Waals surface area (Å²) in [5.74, 6) is -2.58. The number of sulfonamides is 1. The van der Waals surface area contributed by atoms with Crippen molar-refractivity contribution < 1.29 is 37.5 Å². The third kappa shape index (κ3) is 5.16. The minimum atomic E-state index is -3.82. The summed E-state index contributed by atoms with van der Waals surface area (Å²) in [6.45, 7) is -0.0602. The standard InChI is InChI=1S/C14H21N5O8S/c1-28(26,27)16-17-6-4-11(21)18-5-2-3-10(19(18)14(17)25)13(24)15-9(8-20)7-12(22)23/h8-10,16H,2-7H2,1H3,(H,15,24)(H,22,23)/t9-,10-/m0/s1. The largest absolute Gasteiger partial charge is 0.481 e. The number of aliphatic carboxylic acids is 1. The van der Waals surface area contributed by atoms with Gasteiger partial charge in [-0.05, 0) is 12.8 Å². The van der Waals surface area contributed by atoms with E-state index in [1.165, 1.54) is 0 Å². The summed E-state index contributed by atoms with van der Waals surface area (Å²) in [6, 6.07) is -3.43. The maximum Gasteiger partial charge on any atom is 0.354 e. The summed E-state index contributed by atoms with van der Waals surface area (Å²) in [4.78, 5) is 61.6. The number of aldehydes is 1. The molecule has 2 aliphatic rings. The first-order chi connectivity index (χ1) is 13.0. The second kappa shape index (κ2) is 8.52. The van der Waals surface area contributed by atoms with Crippen LogP contribution in [0.1, 0.15) is 25.7 Å². The van der Waals surface area contributed by atoms with E-state index in [1.807, 2.05) is 4.83 Å². The fourth-order valence-electron chi connectivity index (χ4n) is 3.00. The average molecular weight is 419 g/mol. The van der Waals surface area contributed by atoms with Gasteiger partial charge in [-0.25, -0.2) is 28.2 Å². The molecule has 2 fully saturated rings. The van der Waals surface area contributed by atoms with Gasteiger partial charge in [0.25, 0.3) is 0 Å². The summed E-state index contributed by atoms with van der Waals surface area (Å²) >= 11 is 0. The lowest BCUT2D eigenvalue weighted by Gasteiger charge is -2.42. The minimum absolute atomic E-state index is 0.146. The summed E-state index contributed by atoms with van der Waals surface area (Å²) in [7, 11) is -3.82. The highest BCUT2D eigenvalue weighted by Gasteiger charge is 2.44. The summed E-state index contributed by atoms with van der Waals surface area (Å²) < 4.78 is 23.0. The first-order valence-electron chi connectivity index (χ1n) is 8.39. The quantitative estimate of drug-likeness (QED) is 0.384. The van der Waals surface area contributed by atoms with Crippen molar-refractivity contribution in [2.75, 3.05) is 19.3 Å². The topological polar surface area (TPSA) is 173 Å². The normalized spacial score (nSPS) is 21.6. The maximum atomic E-state index is 12.8. The number of hydrazine groups is 2. The molecule has 0 aromatic carbocycles. The van der Waals surface area contributed by atoms with Crippen LogP contribution in [0.5, 0.6) is 0 Å². The van der Waals surface area contributed by atoms with Gasteiger partial charge >= 0.3 is 12.0 Å². The molecule has 3 N–H and O–H groups in total. The van der Waals surface area contributed by atoms with E-state index in [4.69, 9.17) is 5.11 Å². The Labute approximate surface area is 160 Å². The Hall–Kier alpha value is -2.74. The van der Waals surface area contributed by atoms with Crippen LogP contribution >= 0.6 is 0 Å². The molecule has 0 aromatic heterocycles. The van der Waals surface area contributed by atoms with Crippen LogP contribution in [0, 0.1) is 0 Å². The molecule has 13 nitrogen and oxygen atoms in total. The number of amides is 4. The van der Waals surface area contributed by atoms with Crippen LogP contribution in [0.25, 0.3) is 0 Å². The molecule has 2 atom stereocenters. The maximum absolute atomic E-state index is 12.8. The Bertz CT molecular complexity index is 785. The van der Waals surface area contributed by atoms with Crippen molar-refractivity contribution in [2.45, 2.75) is 37.8 Å². The van der Waals surface area contributed by atoms with Crippen molar-refractivity contribution in [3.8, 4) is 0 Å². The monoisotopic (exact) mass is 419 g/mol. The van der Waals surface area contributed by atoms with E-state index < -0.39 is 52.3 Å². The van der Waals surface area contributed by atoms with Crippen LogP contribution in [-0.2, 0) is 29.2 Å². The molecule has 0 spiro atoms. The van der Waals surface area contributed by atoms with Crippen molar-refractivity contribution in [3.05, 3.63) is 0 Å². The van der Waals surface area contributed by atoms with Gasteiger partial charge in [-0.15, -0.1) is 4.83 Å². The van der Waals surface area contributed by atoms with Crippen molar-refractivity contribution >= 4 is 40.1 Å². The Morgan fingerprint density at radius 1 is 1.32 bits per heavy atom. The number of fused-ring (bicyclic) bond motifs is 1. The van der Waals surface area contributed by atoms with E-state index in [-0.39, 0.29) is 32.2 Å². The van der Waals surface area contributed by atoms with Crippen molar-refractivity contribution in [2.24, 2.45) is 0 Å². The highest BCUT2D eigenvalue weighted by atomic mass is 32.2. The molecule has 0 radical (unpaired) electrons. The Morgan fingerprint density at radius 2 is 2.00 bits per heavy atom. The zero-order valence-electron chi connectivity index (χ0n) is 15.0. The number of nitrogens with one attached hydrogen (secondary N) is 2. The Balaban J connectivity index is 2.28. The number of hydrogen-bond donors (Lipinski definition) is 3. The Kier molecular flexibility index (Phi) is 6.56. The number of hydrogen-bond acceptors (Lipinski definition) is 7. The van der Waals surface area contributed by atoms with Crippen LogP contribution in [0.3, 0.4) is 0 Å². The summed E-state index contributed by atoms with van der Waals surface area (Å²) in [6.07, 6.45) is 0.838. The Morgan fingerprint density at radius 3 is 2.57 bits per heavy atom. The zero-order chi connectivity index (χ0) is 21.1. The highest BCUT2D eigenvalue weighted by molar-refractivity contribution is 7.88. The SMILES string of the molecule is CS(=O)(=O)NN1CCC(=O)N2CCC[C@@H](C(=O)N[C@H](C=O)CC(=O)O)N2C1=O. The first-order valence-corrected chi connectivity index (χ1v) is 10.3. The van der Waals surface area contributed by atoms with Crippen LogP contribution in [0.4, 0.5) is 4.79 Å². The second-order valence-electron chi connectivity index (χ2n) is 6.42. The van der Waals surface area contributed by atoms with Crippen LogP contribution in [-0.4, -0.2) is 90.1 Å². The van der Waals surface area contributed by atoms with Gasteiger partial charge in [0.1, 0.15) is 12.3 Å². The second-order valence-corrected chi connectivity index (χ2v) is 8.14. The number of carboxylic acid groups (broad SMARTS) is 1. The molecule has 14 heteroatoms. The van der Waals surface area contributed by atoms with E-state index in [2.05, 4.69) is 5.32 Å². The third-order valence-electron chi connectivity index (χ3n) is 4.13. The number of rotatable bonds is 7. The fourth-order valence-corrected chi connectivity index (χ4v) is 3.57. The number of urea groups is 1. The van der Waals surface area contributed by atoms with Gasteiger partial charge in [0.05, 0.1) is 18.7 Å². The number of carbonyl (C=O) groups excluding carboxylic acids is 4. The number of carboxylic acids is 1. The lowest BCUT2D eigenvalue weighted by Crippen LogP contribution is -2.64. The molecular formula is C14H21N5O8S. The number of carbonyl (C=O) groups is 5. The molecule has 0 saturated carbocycles. The highest BCUT2D eigenvalue weighted by Crippen LogP contribution is 2.23. The van der Waals surface area contributed by atoms with E-state index in [0.29, 0.717) is 6.42 Å². The van der Waals surface area contributed by atoms with E-state index >= 15 is 0 Å². The van der Waals surface area contributed by atoms with Crippen molar-refractivity contribution in [3.63, 3.8) is 0 Å². The summed E-state index contributed by atoms with van der Waals surface area (Å²) in [5, 5.41) is 13.7. The molecule has 2 heterocycles. The van der Waals surface area contributed by atoms with Crippen LogP contribution < -0.4 is 10.1 Å². The van der Waals surface area contributed by atoms with E-state index in [9.17, 15) is 32.4 Å². The predicted octanol–water partition coefficient (Wildman–Crippen LogP) is -2.36. The van der Waals surface area contributed by atoms with Crippen LogP contribution in [0.15, 0.2) is 0 Å². The molecule has 2 aliphatic heterocycles. The molecule has 2 saturated heterocycles. The first kappa shape index (κ1) is 21.6. The van der Waals surface area contributed by atoms with Gasteiger partial charge in [0.15, 0.2) is 0 Å². The smallest absolute Gasteiger partial charge is 0.354 e. The predicted molar refractivity (Wildman–Crippen MR) is 91.5 cm³/mol. The van der Waals surface area contributed by atoms with Crippen molar-refractivity contribution in [1.82, 2.24) is 25.2 Å². The van der Waals surface area contributed by atoms with Gasteiger partial charge < -0.3 is 15.2 Å². The molecule has 0 bridgehead atoms. The lowest BCUT2D eigenvalue weighted by molar-refractivity contribution is -0.155. The third-order valence-corrected chi connectivity index (χ3v) is 4.68. The molecule has 4 amide bonds. The van der Waals surface area contributed by atoms with Gasteiger partial charge in [0.2, 0.25) is 21.8 Å². The molecule has 0 unspecified atom stereocenters. The summed E-state index contributed by atoms with van der Waals surface area (Å²) in [5.41, 5.74) is 0. The molecule has 2 rings (SSSR count). The van der Waals surface area contributed by atoms with Gasteiger partial charge in [0, 0.05) is 19.5 Å². The molecule has 0 aliphatic carbocycles. The molecule has 28 heavy (non-hydrogen) atoms. The van der Waals surface area contributed by atoms with E-state index in [1.54, 1.807) is 0 Å². The van der Waals surface area contributed by atoms with E-state index in [0.717, 1.165) is 21.3 Å². The molecule has 0 aromatic rings. The minimum Gasteiger partial charge on any atom is -0.481 e. The van der Waals surface area contributed by atoms with Gasteiger partial charge in [-0.1, -0.05) is 0 Å². The lowest BCUT2D eigenvalue weighted by atomic mass is 10.1. The van der Waals surface area contributed by atoms with Crippen LogP contribution in [0.2, 0.25) is 0 Å². The fraction of sp³-hybridized carbons (Fsp3) is 0.643. The van der Waals surface area contributed by atoms with Gasteiger partial charge in [-0.3, -0.25) is 14.4 Å². The van der Waals surface area contributed by atoms with Crippen molar-refractivity contribution in [1.29, 1.82) is 0 Å². The number of nitrogens with zero attached hydrogens (tertiary/aromatic N) is 3. The molecular weight excluding hydrogens is 398 g/mol. The van der Waals surface area contributed by atoms with Gasteiger partial charge in [-0.2, -0.15) is 0 Å².